The highest BCUT2D eigenvalue weighted by Crippen LogP contribution is 2.27. The molecule has 0 unspecified atom stereocenters. The molecule has 1 aliphatic carbocycles. The lowest BCUT2D eigenvalue weighted by Gasteiger charge is -2.25. The topological polar surface area (TPSA) is 71.9 Å². The SMILES string of the molecule is COCCN(Cc1ccc(OCc2nc(CO)cs2)cc1)C(=O)C1CCCC1. The molecule has 1 amide bonds. The van der Waals surface area contributed by atoms with Crippen LogP contribution in [0.3, 0.4) is 0 Å². The van der Waals surface area contributed by atoms with Crippen molar-refractivity contribution in [1.82, 2.24) is 9.88 Å². The number of aliphatic hydroxyl groups excluding tert-OH is 1. The van der Waals surface area contributed by atoms with E-state index in [1.165, 1.54) is 11.3 Å². The summed E-state index contributed by atoms with van der Waals surface area (Å²) >= 11 is 1.48. The van der Waals surface area contributed by atoms with Crippen LogP contribution < -0.4 is 4.74 Å². The van der Waals surface area contributed by atoms with E-state index in [0.717, 1.165) is 42.0 Å². The van der Waals surface area contributed by atoms with Gasteiger partial charge in [-0.15, -0.1) is 11.3 Å². The van der Waals surface area contributed by atoms with Crippen LogP contribution in [-0.2, 0) is 29.3 Å². The molecule has 7 heteroatoms. The highest BCUT2D eigenvalue weighted by Gasteiger charge is 2.27. The molecule has 1 N–H and O–H groups in total. The first kappa shape index (κ1) is 20.8. The highest BCUT2D eigenvalue weighted by molar-refractivity contribution is 7.09. The van der Waals surface area contributed by atoms with E-state index in [1.807, 2.05) is 34.5 Å². The average Bonchev–Trinajstić information content (AvgIpc) is 3.42. The minimum Gasteiger partial charge on any atom is -0.486 e. The Morgan fingerprint density at radius 2 is 2.04 bits per heavy atom. The zero-order chi connectivity index (χ0) is 19.8. The summed E-state index contributed by atoms with van der Waals surface area (Å²) in [4.78, 5) is 19.0. The summed E-state index contributed by atoms with van der Waals surface area (Å²) in [6.07, 6.45) is 4.31. The third-order valence-electron chi connectivity index (χ3n) is 5.00. The molecule has 28 heavy (non-hydrogen) atoms. The van der Waals surface area contributed by atoms with Gasteiger partial charge in [-0.2, -0.15) is 0 Å². The molecule has 1 fully saturated rings. The van der Waals surface area contributed by atoms with E-state index in [2.05, 4.69) is 4.98 Å². The van der Waals surface area contributed by atoms with Gasteiger partial charge in [-0.25, -0.2) is 4.98 Å². The molecule has 152 valence electrons. The number of rotatable bonds is 10. The van der Waals surface area contributed by atoms with Crippen molar-refractivity contribution in [2.24, 2.45) is 5.92 Å². The van der Waals surface area contributed by atoms with Gasteiger partial charge in [-0.3, -0.25) is 4.79 Å². The molecule has 1 aliphatic rings. The van der Waals surface area contributed by atoms with E-state index in [-0.39, 0.29) is 18.4 Å². The van der Waals surface area contributed by atoms with Crippen LogP contribution in [0, 0.1) is 5.92 Å². The van der Waals surface area contributed by atoms with Crippen molar-refractivity contribution in [2.75, 3.05) is 20.3 Å². The number of benzene rings is 1. The lowest BCUT2D eigenvalue weighted by Crippen LogP contribution is -2.37. The molecule has 1 aromatic heterocycles. The fourth-order valence-electron chi connectivity index (χ4n) is 3.44. The van der Waals surface area contributed by atoms with Crippen LogP contribution in [0.4, 0.5) is 0 Å². The maximum absolute atomic E-state index is 12.8. The van der Waals surface area contributed by atoms with E-state index in [9.17, 15) is 4.79 Å². The number of thiazole rings is 1. The summed E-state index contributed by atoms with van der Waals surface area (Å²) in [5.74, 6) is 1.18. The Hall–Kier alpha value is -1.96. The van der Waals surface area contributed by atoms with Crippen LogP contribution >= 0.6 is 11.3 Å². The molecule has 0 atom stereocenters. The number of ether oxygens (including phenoxy) is 2. The second-order valence-corrected chi connectivity index (χ2v) is 8.00. The van der Waals surface area contributed by atoms with Crippen LogP contribution in [0.15, 0.2) is 29.6 Å². The number of carbonyl (C=O) groups excluding carboxylic acids is 1. The Balaban J connectivity index is 1.56. The van der Waals surface area contributed by atoms with Crippen LogP contribution in [-0.4, -0.2) is 41.2 Å². The number of methoxy groups -OCH3 is 1. The Labute approximate surface area is 170 Å². The van der Waals surface area contributed by atoms with Crippen LogP contribution in [0.5, 0.6) is 5.75 Å². The summed E-state index contributed by atoms with van der Waals surface area (Å²) in [6, 6.07) is 7.84. The summed E-state index contributed by atoms with van der Waals surface area (Å²) in [5.41, 5.74) is 1.74. The normalized spacial score (nSPS) is 14.4. The summed E-state index contributed by atoms with van der Waals surface area (Å²) < 4.78 is 11.0. The maximum atomic E-state index is 12.8. The fourth-order valence-corrected chi connectivity index (χ4v) is 4.14. The Bertz CT molecular complexity index is 741. The minimum atomic E-state index is -0.0512. The van der Waals surface area contributed by atoms with E-state index in [1.54, 1.807) is 7.11 Å². The van der Waals surface area contributed by atoms with Gasteiger partial charge in [0.15, 0.2) is 0 Å². The van der Waals surface area contributed by atoms with Crippen molar-refractivity contribution < 1.29 is 19.4 Å². The zero-order valence-corrected chi connectivity index (χ0v) is 17.1. The van der Waals surface area contributed by atoms with Gasteiger partial charge < -0.3 is 19.5 Å². The largest absolute Gasteiger partial charge is 0.486 e. The van der Waals surface area contributed by atoms with Crippen molar-refractivity contribution in [2.45, 2.75) is 45.4 Å². The van der Waals surface area contributed by atoms with Gasteiger partial charge in [0.25, 0.3) is 0 Å². The molecule has 0 aliphatic heterocycles. The van der Waals surface area contributed by atoms with Gasteiger partial charge in [-0.05, 0) is 30.5 Å². The fraction of sp³-hybridized carbons (Fsp3) is 0.524. The van der Waals surface area contributed by atoms with Crippen molar-refractivity contribution in [3.63, 3.8) is 0 Å². The van der Waals surface area contributed by atoms with Gasteiger partial charge in [0.05, 0.1) is 18.9 Å². The Morgan fingerprint density at radius 1 is 1.29 bits per heavy atom. The molecule has 0 spiro atoms. The Kier molecular flexibility index (Phi) is 7.82. The van der Waals surface area contributed by atoms with Crippen molar-refractivity contribution in [3.8, 4) is 5.75 Å². The third-order valence-corrected chi connectivity index (χ3v) is 5.87. The lowest BCUT2D eigenvalue weighted by atomic mass is 10.1. The van der Waals surface area contributed by atoms with Gasteiger partial charge in [-0.1, -0.05) is 25.0 Å². The molecule has 6 nitrogen and oxygen atoms in total. The van der Waals surface area contributed by atoms with E-state index < -0.39 is 0 Å². The first-order valence-corrected chi connectivity index (χ1v) is 10.6. The summed E-state index contributed by atoms with van der Waals surface area (Å²) in [6.45, 7) is 2.07. The lowest BCUT2D eigenvalue weighted by molar-refractivity contribution is -0.136. The van der Waals surface area contributed by atoms with Crippen LogP contribution in [0.1, 0.15) is 41.9 Å². The second-order valence-electron chi connectivity index (χ2n) is 7.06. The van der Waals surface area contributed by atoms with Gasteiger partial charge >= 0.3 is 0 Å². The van der Waals surface area contributed by atoms with E-state index >= 15 is 0 Å². The van der Waals surface area contributed by atoms with Gasteiger partial charge in [0.2, 0.25) is 5.91 Å². The maximum Gasteiger partial charge on any atom is 0.226 e. The number of carbonyl (C=O) groups is 1. The first-order chi connectivity index (χ1) is 13.7. The quantitative estimate of drug-likeness (QED) is 0.657. The molecular weight excluding hydrogens is 376 g/mol. The molecular formula is C21H28N2O4S. The number of aromatic nitrogens is 1. The van der Waals surface area contributed by atoms with Gasteiger partial charge in [0.1, 0.15) is 17.4 Å². The van der Waals surface area contributed by atoms with Crippen LogP contribution in [0.25, 0.3) is 0 Å². The van der Waals surface area contributed by atoms with Crippen molar-refractivity contribution >= 4 is 17.2 Å². The van der Waals surface area contributed by atoms with E-state index in [0.29, 0.717) is 32.0 Å². The number of hydrogen-bond donors (Lipinski definition) is 1. The zero-order valence-electron chi connectivity index (χ0n) is 16.3. The number of nitrogens with zero attached hydrogens (tertiary/aromatic N) is 2. The first-order valence-electron chi connectivity index (χ1n) is 9.73. The van der Waals surface area contributed by atoms with Crippen molar-refractivity contribution in [3.05, 3.63) is 45.9 Å². The van der Waals surface area contributed by atoms with E-state index in [4.69, 9.17) is 14.6 Å². The number of aliphatic hydroxyl groups is 1. The molecule has 0 saturated heterocycles. The molecule has 2 aromatic rings. The molecule has 3 rings (SSSR count). The molecule has 1 heterocycles. The smallest absolute Gasteiger partial charge is 0.226 e. The average molecular weight is 405 g/mol. The van der Waals surface area contributed by atoms with Crippen molar-refractivity contribution in [1.29, 1.82) is 0 Å². The Morgan fingerprint density at radius 3 is 2.68 bits per heavy atom. The van der Waals surface area contributed by atoms with Crippen LogP contribution in [0.2, 0.25) is 0 Å². The molecule has 1 saturated carbocycles. The standard InChI is InChI=1S/C21H28N2O4S/c1-26-11-10-23(21(25)17-4-2-3-5-17)12-16-6-8-19(9-7-16)27-14-20-22-18(13-24)15-28-20/h6-9,15,17,24H,2-5,10-14H2,1H3. The number of hydrogen-bond acceptors (Lipinski definition) is 6. The third kappa shape index (κ3) is 5.77. The van der Waals surface area contributed by atoms with Gasteiger partial charge in [0, 0.05) is 31.5 Å². The molecule has 0 radical (unpaired) electrons. The highest BCUT2D eigenvalue weighted by atomic mass is 32.1. The summed E-state index contributed by atoms with van der Waals surface area (Å²) in [5, 5.41) is 11.7. The monoisotopic (exact) mass is 404 g/mol. The minimum absolute atomic E-state index is 0.0512. The second kappa shape index (κ2) is 10.5. The predicted molar refractivity (Wildman–Crippen MR) is 108 cm³/mol. The predicted octanol–water partition coefficient (Wildman–Crippen LogP) is 3.38. The molecule has 0 bridgehead atoms. The molecule has 1 aromatic carbocycles. The number of amides is 1. The summed E-state index contributed by atoms with van der Waals surface area (Å²) in [7, 11) is 1.66.